The molecule has 6 N–H and O–H groups in total. The van der Waals surface area contributed by atoms with Crippen LogP contribution in [0.25, 0.3) is 0 Å². The fourth-order valence-electron chi connectivity index (χ4n) is 3.56. The minimum absolute atomic E-state index is 0.264. The van der Waals surface area contributed by atoms with Crippen LogP contribution < -0.4 is 0 Å². The van der Waals surface area contributed by atoms with E-state index in [9.17, 15) is 34.5 Å². The maximum atomic E-state index is 13.0. The zero-order chi connectivity index (χ0) is 24.6. The lowest BCUT2D eigenvalue weighted by Crippen LogP contribution is -2.58. The molecule has 32 heavy (non-hydrogen) atoms. The van der Waals surface area contributed by atoms with E-state index in [-0.39, 0.29) is 6.42 Å². The van der Waals surface area contributed by atoms with Gasteiger partial charge in [0, 0.05) is 0 Å². The zero-order valence-corrected chi connectivity index (χ0v) is 20.3. The molecule has 0 rings (SSSR count). The highest BCUT2D eigenvalue weighted by Gasteiger charge is 2.52. The number of hydrogen-bond donors (Lipinski definition) is 6. The predicted molar refractivity (Wildman–Crippen MR) is 122 cm³/mol. The maximum Gasteiger partial charge on any atom is 0.470 e. The fourth-order valence-corrected chi connectivity index (χ4v) is 4.28. The zero-order valence-electron chi connectivity index (χ0n) is 19.4. The highest BCUT2D eigenvalue weighted by Crippen LogP contribution is 2.46. The van der Waals surface area contributed by atoms with Crippen molar-refractivity contribution in [3.05, 3.63) is 12.2 Å². The van der Waals surface area contributed by atoms with E-state index in [4.69, 9.17) is 9.63 Å². The number of carbonyl (C=O) groups excluding carboxylic acids is 1. The Balaban J connectivity index is 5.46. The van der Waals surface area contributed by atoms with Gasteiger partial charge in [0.25, 0.3) is 0 Å². The Labute approximate surface area is 191 Å². The summed E-state index contributed by atoms with van der Waals surface area (Å²) in [4.78, 5) is 31.9. The van der Waals surface area contributed by atoms with E-state index in [1.54, 1.807) is 0 Å². The van der Waals surface area contributed by atoms with E-state index in [0.717, 1.165) is 38.2 Å². The summed E-state index contributed by atoms with van der Waals surface area (Å²) in [5.74, 6) is -0.912. The lowest BCUT2D eigenvalue weighted by Gasteiger charge is -2.38. The molecule has 0 aromatic heterocycles. The van der Waals surface area contributed by atoms with E-state index in [2.05, 4.69) is 6.92 Å². The monoisotopic (exact) mass is 482 g/mol. The average Bonchev–Trinajstić information content (AvgIpc) is 2.74. The lowest BCUT2D eigenvalue weighted by atomic mass is 9.81. The van der Waals surface area contributed by atoms with Gasteiger partial charge in [-0.1, -0.05) is 77.7 Å². The normalized spacial score (nSPS) is 17.2. The average molecular weight is 483 g/mol. The van der Waals surface area contributed by atoms with Gasteiger partial charge < -0.3 is 30.2 Å². The van der Waals surface area contributed by atoms with Crippen LogP contribution in [-0.4, -0.2) is 66.5 Å². The third-order valence-corrected chi connectivity index (χ3v) is 6.02. The first-order valence-corrected chi connectivity index (χ1v) is 13.2. The van der Waals surface area contributed by atoms with Crippen LogP contribution in [0.3, 0.4) is 0 Å². The lowest BCUT2D eigenvalue weighted by molar-refractivity contribution is -0.169. The molecule has 4 atom stereocenters. The third kappa shape index (κ3) is 12.0. The van der Waals surface area contributed by atoms with E-state index in [0.29, 0.717) is 19.3 Å². The minimum atomic E-state index is -5.26. The van der Waals surface area contributed by atoms with Crippen molar-refractivity contribution in [1.82, 2.24) is 0 Å². The number of aliphatic hydroxyl groups excluding tert-OH is 4. The molecule has 10 heteroatoms. The largest absolute Gasteiger partial charge is 0.470 e. The van der Waals surface area contributed by atoms with Crippen molar-refractivity contribution in [2.24, 2.45) is 0 Å². The molecule has 0 fully saturated rings. The molecular formula is C22H43O9P. The summed E-state index contributed by atoms with van der Waals surface area (Å²) in [5, 5.41) is 39.8. The number of allylic oxidation sites excluding steroid dienone is 1. The van der Waals surface area contributed by atoms with Crippen LogP contribution in [0.1, 0.15) is 90.9 Å². The molecule has 0 radical (unpaired) electrons. The van der Waals surface area contributed by atoms with Crippen molar-refractivity contribution in [3.8, 4) is 0 Å². The first-order chi connectivity index (χ1) is 15.1. The molecule has 0 unspecified atom stereocenters. The van der Waals surface area contributed by atoms with Gasteiger partial charge in [0.2, 0.25) is 0 Å². The van der Waals surface area contributed by atoms with Crippen LogP contribution in [0.5, 0.6) is 0 Å². The highest BCUT2D eigenvalue weighted by molar-refractivity contribution is 7.46. The SMILES string of the molecule is CCCC=CC(=O)[C@](CCCCCCCCCCC)(OP(=O)(O)O)[C@@H](O)[C@H](O)[C@H](O)CO. The highest BCUT2D eigenvalue weighted by atomic mass is 31.2. The molecule has 190 valence electrons. The molecule has 0 saturated heterocycles. The molecule has 0 aromatic rings. The van der Waals surface area contributed by atoms with Crippen LogP contribution in [0.2, 0.25) is 0 Å². The summed E-state index contributed by atoms with van der Waals surface area (Å²) in [7, 11) is -5.26. The Kier molecular flexibility index (Phi) is 16.6. The van der Waals surface area contributed by atoms with Crippen LogP contribution in [0, 0.1) is 0 Å². The van der Waals surface area contributed by atoms with Gasteiger partial charge in [-0.15, -0.1) is 0 Å². The molecule has 0 amide bonds. The number of rotatable bonds is 20. The number of hydrogen-bond acceptors (Lipinski definition) is 7. The van der Waals surface area contributed by atoms with E-state index < -0.39 is 44.1 Å². The predicted octanol–water partition coefficient (Wildman–Crippen LogP) is 2.76. The van der Waals surface area contributed by atoms with Crippen molar-refractivity contribution in [1.29, 1.82) is 0 Å². The molecule has 0 aliphatic carbocycles. The van der Waals surface area contributed by atoms with Crippen LogP contribution in [0.15, 0.2) is 12.2 Å². The van der Waals surface area contributed by atoms with Gasteiger partial charge >= 0.3 is 7.82 Å². The fraction of sp³-hybridized carbons (Fsp3) is 0.864. The molecule has 9 nitrogen and oxygen atoms in total. The van der Waals surface area contributed by atoms with E-state index >= 15 is 0 Å². The van der Waals surface area contributed by atoms with Gasteiger partial charge in [-0.3, -0.25) is 9.32 Å². The second-order valence-corrected chi connectivity index (χ2v) is 9.45. The summed E-state index contributed by atoms with van der Waals surface area (Å²) in [5.41, 5.74) is -2.46. The second-order valence-electron chi connectivity index (χ2n) is 8.29. The van der Waals surface area contributed by atoms with E-state index in [1.165, 1.54) is 25.3 Å². The van der Waals surface area contributed by atoms with Crippen molar-refractivity contribution >= 4 is 13.6 Å². The third-order valence-electron chi connectivity index (χ3n) is 5.46. The summed E-state index contributed by atoms with van der Waals surface area (Å²) in [6.45, 7) is 3.12. The molecule has 0 aliphatic rings. The second kappa shape index (κ2) is 16.9. The number of phosphoric acid groups is 1. The number of phosphoric ester groups is 1. The van der Waals surface area contributed by atoms with Crippen LogP contribution >= 0.6 is 7.82 Å². The maximum absolute atomic E-state index is 13.0. The number of aliphatic hydroxyl groups is 4. The molecule has 0 aromatic carbocycles. The van der Waals surface area contributed by atoms with Crippen LogP contribution in [-0.2, 0) is 13.9 Å². The van der Waals surface area contributed by atoms with E-state index in [1.807, 2.05) is 6.92 Å². The topological polar surface area (TPSA) is 165 Å². The van der Waals surface area contributed by atoms with Gasteiger partial charge in [-0.2, -0.15) is 0 Å². The Morgan fingerprint density at radius 3 is 1.94 bits per heavy atom. The summed E-state index contributed by atoms with van der Waals surface area (Å²) < 4.78 is 16.5. The minimum Gasteiger partial charge on any atom is -0.394 e. The summed E-state index contributed by atoms with van der Waals surface area (Å²) in [6.07, 6.45) is 6.07. The standard InChI is InChI=1S/C22H43O9P/c1-3-5-7-8-9-10-11-12-14-16-22(31-32(28,29)30,19(25)15-13-6-4-2)21(27)20(26)18(24)17-23/h13,15,18,20-21,23-24,26-27H,3-12,14,16-17H2,1-2H3,(H2,28,29,30)/t18-,20-,21+,22+/m1/s1. The Morgan fingerprint density at radius 1 is 0.938 bits per heavy atom. The van der Waals surface area contributed by atoms with Gasteiger partial charge in [0.05, 0.1) is 6.61 Å². The van der Waals surface area contributed by atoms with Crippen LogP contribution in [0.4, 0.5) is 0 Å². The first kappa shape index (κ1) is 31.4. The van der Waals surface area contributed by atoms with Gasteiger partial charge in [-0.25, -0.2) is 4.57 Å². The number of carbonyl (C=O) groups is 1. The van der Waals surface area contributed by atoms with Crippen molar-refractivity contribution in [3.63, 3.8) is 0 Å². The summed E-state index contributed by atoms with van der Waals surface area (Å²) in [6, 6.07) is 0. The molecule has 0 heterocycles. The van der Waals surface area contributed by atoms with Gasteiger partial charge in [0.1, 0.15) is 18.3 Å². The quantitative estimate of drug-likeness (QED) is 0.0869. The van der Waals surface area contributed by atoms with Gasteiger partial charge in [0.15, 0.2) is 11.4 Å². The summed E-state index contributed by atoms with van der Waals surface area (Å²) >= 11 is 0. The Morgan fingerprint density at radius 2 is 1.47 bits per heavy atom. The molecular weight excluding hydrogens is 439 g/mol. The smallest absolute Gasteiger partial charge is 0.394 e. The molecule has 0 spiro atoms. The Hall–Kier alpha value is -0.640. The van der Waals surface area contributed by atoms with Crippen molar-refractivity contribution < 1.29 is 44.1 Å². The van der Waals surface area contributed by atoms with Crippen molar-refractivity contribution in [2.75, 3.05) is 6.61 Å². The number of ketones is 1. The molecule has 0 saturated carbocycles. The van der Waals surface area contributed by atoms with Crippen molar-refractivity contribution in [2.45, 2.75) is 115 Å². The molecule has 0 aliphatic heterocycles. The molecule has 0 bridgehead atoms. The first-order valence-electron chi connectivity index (χ1n) is 11.7. The Bertz CT molecular complexity index is 578. The number of unbranched alkanes of at least 4 members (excludes halogenated alkanes) is 9. The van der Waals surface area contributed by atoms with Gasteiger partial charge in [-0.05, 0) is 25.3 Å².